The number of hydrogen-bond donors (Lipinski definition) is 3. The maximum atomic E-state index is 13.9. The quantitative estimate of drug-likeness (QED) is 0.301. The van der Waals surface area contributed by atoms with Gasteiger partial charge in [0.05, 0.1) is 23.7 Å². The fourth-order valence-electron chi connectivity index (χ4n) is 7.85. The molecule has 0 radical (unpaired) electrons. The van der Waals surface area contributed by atoms with E-state index in [1.54, 1.807) is 0 Å². The number of benzene rings is 1. The zero-order chi connectivity index (χ0) is 33.5. The number of sulfonamides is 1. The van der Waals surface area contributed by atoms with Gasteiger partial charge in [0.1, 0.15) is 23.8 Å². The highest BCUT2D eigenvalue weighted by Crippen LogP contribution is 2.34. The summed E-state index contributed by atoms with van der Waals surface area (Å²) in [5.41, 5.74) is 5.85. The van der Waals surface area contributed by atoms with E-state index >= 15 is 0 Å². The van der Waals surface area contributed by atoms with Crippen LogP contribution in [0, 0.1) is 25.2 Å². The molecule has 4 heterocycles. The largest absolute Gasteiger partial charge is 0.441 e. The van der Waals surface area contributed by atoms with Crippen LogP contribution in [-0.4, -0.2) is 60.2 Å². The first-order valence-electron chi connectivity index (χ1n) is 17.4. The molecule has 6 atom stereocenters. The van der Waals surface area contributed by atoms with Crippen molar-refractivity contribution in [2.24, 2.45) is 11.3 Å². The lowest BCUT2D eigenvalue weighted by Crippen LogP contribution is -2.64. The van der Waals surface area contributed by atoms with Crippen molar-refractivity contribution in [2.75, 3.05) is 13.2 Å². The molecule has 10 nitrogen and oxygen atoms in total. The molecule has 2 aromatic heterocycles. The molecule has 1 saturated carbocycles. The van der Waals surface area contributed by atoms with Crippen LogP contribution >= 0.6 is 0 Å². The first-order valence-corrected chi connectivity index (χ1v) is 19.0. The molecule has 5 unspecified atom stereocenters. The van der Waals surface area contributed by atoms with Gasteiger partial charge in [-0.1, -0.05) is 59.2 Å². The van der Waals surface area contributed by atoms with Crippen molar-refractivity contribution in [3.8, 4) is 0 Å². The van der Waals surface area contributed by atoms with Crippen LogP contribution in [0.2, 0.25) is 0 Å². The van der Waals surface area contributed by atoms with Crippen molar-refractivity contribution in [3.05, 3.63) is 58.6 Å². The molecule has 258 valence electrons. The van der Waals surface area contributed by atoms with Crippen LogP contribution in [0.4, 0.5) is 0 Å². The van der Waals surface area contributed by atoms with Crippen molar-refractivity contribution >= 4 is 21.3 Å². The summed E-state index contributed by atoms with van der Waals surface area (Å²) in [6, 6.07) is 8.35. The van der Waals surface area contributed by atoms with Crippen molar-refractivity contribution in [1.29, 1.82) is 0 Å². The molecule has 3 aromatic rings. The van der Waals surface area contributed by atoms with E-state index in [0.29, 0.717) is 38.1 Å². The predicted octanol–water partition coefficient (Wildman–Crippen LogP) is 6.01. The average molecular weight is 667 g/mol. The van der Waals surface area contributed by atoms with Crippen molar-refractivity contribution in [3.63, 3.8) is 0 Å². The van der Waals surface area contributed by atoms with Gasteiger partial charge >= 0.3 is 0 Å². The molecule has 3 aliphatic rings. The van der Waals surface area contributed by atoms with Gasteiger partial charge in [-0.2, -0.15) is 4.72 Å². The molecule has 1 aliphatic carbocycles. The van der Waals surface area contributed by atoms with Crippen molar-refractivity contribution < 1.29 is 17.6 Å². The van der Waals surface area contributed by atoms with Crippen LogP contribution in [-0.2, 0) is 21.3 Å². The monoisotopic (exact) mass is 666 g/mol. The van der Waals surface area contributed by atoms with Gasteiger partial charge in [-0.25, -0.2) is 18.4 Å². The van der Waals surface area contributed by atoms with Crippen LogP contribution < -0.4 is 15.4 Å². The molecule has 0 amide bonds. The molecule has 1 aromatic carbocycles. The van der Waals surface area contributed by atoms with Gasteiger partial charge < -0.3 is 9.15 Å². The van der Waals surface area contributed by atoms with Crippen molar-refractivity contribution in [1.82, 2.24) is 30.2 Å². The molecule has 0 spiro atoms. The van der Waals surface area contributed by atoms with E-state index in [4.69, 9.17) is 14.1 Å². The standard InChI is InChI=1S/C36H54N6O4S/c1-22(2)31-15-30-34(46-31)37-18-26(38-30)20-42-19-25-12-9-13-28(14-25)47(43,44)41-35-39-29(33-23(3)10-8-11-24(33)4)16-32(40-35)45-21-27(42)17-36(5,6)7/h8,10-11,15,18,22,25,27-29,32,35,39-41H,9,12-14,16-17,19-21H2,1-7H3/t25?,27-,28?,29?,32?,35?/m1/s1. The molecule has 3 fully saturated rings. The van der Waals surface area contributed by atoms with Gasteiger partial charge in [-0.15, -0.1) is 0 Å². The Hall–Kier alpha value is -2.41. The second-order valence-electron chi connectivity index (χ2n) is 15.7. The minimum Gasteiger partial charge on any atom is -0.441 e. The third-order valence-corrected chi connectivity index (χ3v) is 12.0. The fraction of sp³-hybridized carbons (Fsp3) is 0.667. The van der Waals surface area contributed by atoms with Gasteiger partial charge in [0.15, 0.2) is 0 Å². The summed E-state index contributed by atoms with van der Waals surface area (Å²) < 4.78 is 43.6. The Bertz CT molecular complexity index is 1630. The van der Waals surface area contributed by atoms with E-state index in [1.165, 1.54) is 16.7 Å². The Labute approximate surface area is 280 Å². The predicted molar refractivity (Wildman–Crippen MR) is 185 cm³/mol. The molecule has 2 saturated heterocycles. The topological polar surface area (TPSA) is 122 Å². The number of fused-ring (bicyclic) bond motifs is 5. The minimum absolute atomic E-state index is 0.0530. The van der Waals surface area contributed by atoms with Crippen LogP contribution in [0.25, 0.3) is 11.2 Å². The third-order valence-electron chi connectivity index (χ3n) is 10.1. The lowest BCUT2D eigenvalue weighted by molar-refractivity contribution is -0.0517. The Morgan fingerprint density at radius 1 is 1.09 bits per heavy atom. The van der Waals surface area contributed by atoms with E-state index in [1.807, 2.05) is 12.3 Å². The molecular formula is C36H54N6O4S. The third kappa shape index (κ3) is 8.25. The summed E-state index contributed by atoms with van der Waals surface area (Å²) in [6.07, 6.45) is 5.67. The molecule has 6 rings (SSSR count). The number of furan rings is 1. The number of rotatable bonds is 5. The first-order chi connectivity index (χ1) is 22.2. The second kappa shape index (κ2) is 13.8. The highest BCUT2D eigenvalue weighted by Gasteiger charge is 2.39. The van der Waals surface area contributed by atoms with Crippen LogP contribution in [0.1, 0.15) is 113 Å². The van der Waals surface area contributed by atoms with Gasteiger partial charge in [0.2, 0.25) is 15.7 Å². The van der Waals surface area contributed by atoms with Gasteiger partial charge in [0.25, 0.3) is 0 Å². The van der Waals surface area contributed by atoms with E-state index < -0.39 is 21.6 Å². The smallest absolute Gasteiger partial charge is 0.245 e. The Morgan fingerprint density at radius 3 is 2.57 bits per heavy atom. The lowest BCUT2D eigenvalue weighted by Gasteiger charge is -2.41. The number of aryl methyl sites for hydroxylation is 2. The highest BCUT2D eigenvalue weighted by molar-refractivity contribution is 7.90. The second-order valence-corrected chi connectivity index (χ2v) is 17.7. The summed E-state index contributed by atoms with van der Waals surface area (Å²) in [4.78, 5) is 12.1. The number of hydrogen-bond acceptors (Lipinski definition) is 9. The number of nitrogens with zero attached hydrogens (tertiary/aromatic N) is 3. The zero-order valence-corrected chi connectivity index (χ0v) is 30.0. The number of aromatic nitrogens is 2. The first kappa shape index (κ1) is 34.5. The SMILES string of the molecule is Cc1cccc(C)c1C1CC2NC(N1)NS(=O)(=O)C1CCCC(C1)CN(Cc1cnc3oc(C(C)C)cc3n1)[C@H](CC(C)(C)C)CO2. The van der Waals surface area contributed by atoms with Gasteiger partial charge in [0, 0.05) is 43.6 Å². The molecule has 2 aliphatic heterocycles. The van der Waals surface area contributed by atoms with E-state index in [2.05, 4.69) is 91.9 Å². The molecule has 11 heteroatoms. The van der Waals surface area contributed by atoms with Crippen molar-refractivity contribution in [2.45, 2.75) is 129 Å². The van der Waals surface area contributed by atoms with E-state index in [9.17, 15) is 8.42 Å². The van der Waals surface area contributed by atoms with Gasteiger partial charge in [-0.3, -0.25) is 15.5 Å². The Morgan fingerprint density at radius 2 is 1.85 bits per heavy atom. The maximum absolute atomic E-state index is 13.9. The summed E-state index contributed by atoms with van der Waals surface area (Å²) in [5.74, 6) is 1.38. The lowest BCUT2D eigenvalue weighted by atomic mass is 9.85. The molecular weight excluding hydrogens is 613 g/mol. The summed E-state index contributed by atoms with van der Waals surface area (Å²) >= 11 is 0. The van der Waals surface area contributed by atoms with E-state index in [-0.39, 0.29) is 35.6 Å². The summed E-state index contributed by atoms with van der Waals surface area (Å²) in [5, 5.41) is 6.60. The average Bonchev–Trinajstić information content (AvgIpc) is 3.42. The van der Waals surface area contributed by atoms with E-state index in [0.717, 1.165) is 42.8 Å². The summed E-state index contributed by atoms with van der Waals surface area (Å²) in [6.45, 7) is 17.2. The van der Waals surface area contributed by atoms with Gasteiger partial charge in [-0.05, 0) is 67.6 Å². The zero-order valence-electron chi connectivity index (χ0n) is 29.2. The number of ether oxygens (including phenoxy) is 1. The highest BCUT2D eigenvalue weighted by atomic mass is 32.2. The Balaban J connectivity index is 1.35. The fourth-order valence-corrected chi connectivity index (χ4v) is 9.51. The summed E-state index contributed by atoms with van der Waals surface area (Å²) in [7, 11) is -3.60. The Kier molecular flexibility index (Phi) is 10.1. The minimum atomic E-state index is -3.60. The normalized spacial score (nSPS) is 29.3. The van der Waals surface area contributed by atoms with Crippen LogP contribution in [0.15, 0.2) is 34.9 Å². The molecule has 4 bridgehead atoms. The maximum Gasteiger partial charge on any atom is 0.245 e. The molecule has 3 N–H and O–H groups in total. The molecule has 47 heavy (non-hydrogen) atoms. The van der Waals surface area contributed by atoms with Crippen LogP contribution in [0.5, 0.6) is 0 Å². The number of nitrogens with one attached hydrogen (secondary N) is 3. The van der Waals surface area contributed by atoms with Crippen LogP contribution in [0.3, 0.4) is 0 Å².